The molecule has 0 bridgehead atoms. The Hall–Kier alpha value is -2.32. The zero-order chi connectivity index (χ0) is 19.8. The van der Waals surface area contributed by atoms with Crippen LogP contribution in [0.15, 0.2) is 41.9 Å². The van der Waals surface area contributed by atoms with Crippen LogP contribution in [0.5, 0.6) is 0 Å². The van der Waals surface area contributed by atoms with Gasteiger partial charge in [-0.1, -0.05) is 50.2 Å². The van der Waals surface area contributed by atoms with Crippen molar-refractivity contribution in [2.75, 3.05) is 7.11 Å². The fourth-order valence-electron chi connectivity index (χ4n) is 1.72. The molecule has 0 unspecified atom stereocenters. The predicted molar refractivity (Wildman–Crippen MR) is 103 cm³/mol. The number of hydrogen-bond acceptors (Lipinski definition) is 6. The third-order valence-electron chi connectivity index (χ3n) is 4.25. The molecule has 0 spiro atoms. The summed E-state index contributed by atoms with van der Waals surface area (Å²) < 4.78 is 11.3. The lowest BCUT2D eigenvalue weighted by atomic mass is 10.0. The van der Waals surface area contributed by atoms with E-state index in [9.17, 15) is 9.90 Å². The molecule has 1 aromatic rings. The first-order valence-corrected chi connectivity index (χ1v) is 11.1. The van der Waals surface area contributed by atoms with E-state index in [-0.39, 0.29) is 17.4 Å². The third-order valence-corrected chi connectivity index (χ3v) is 8.49. The Morgan fingerprint density at radius 1 is 1.31 bits per heavy atom. The fraction of sp³-hybridized carbons (Fsp3) is 0.444. The predicted octanol–water partition coefficient (Wildman–Crippen LogP) is 3.64. The second-order valence-corrected chi connectivity index (χ2v) is 11.9. The summed E-state index contributed by atoms with van der Waals surface area (Å²) in [6.07, 6.45) is 3.04. The van der Waals surface area contributed by atoms with E-state index in [0.717, 1.165) is 0 Å². The number of nitrogens with one attached hydrogen (secondary N) is 1. The van der Waals surface area contributed by atoms with Gasteiger partial charge in [0.1, 0.15) is 20.0 Å². The molecule has 0 aliphatic rings. The van der Waals surface area contributed by atoms with E-state index in [2.05, 4.69) is 49.3 Å². The maximum absolute atomic E-state index is 11.3. The van der Waals surface area contributed by atoms with Gasteiger partial charge in [0, 0.05) is 5.56 Å². The maximum Gasteiger partial charge on any atom is 0.358 e. The second kappa shape index (κ2) is 9.40. The zero-order valence-corrected chi connectivity index (χ0v) is 17.2. The van der Waals surface area contributed by atoms with Crippen LogP contribution >= 0.6 is 0 Å². The van der Waals surface area contributed by atoms with Crippen LogP contribution in [0.25, 0.3) is 0 Å². The highest BCUT2D eigenvalue weighted by atomic mass is 28.4. The standard InChI is InChI=1S/C18H28N2O5Si/c1-18(2,3)26(5,6)25-19-11-12-24-13-14-9-7-8-10-15(14)16(17(21)22)20-23-4/h7-12,19H,13H2,1-6H3,(H,21,22). The quantitative estimate of drug-likeness (QED) is 0.294. The van der Waals surface area contributed by atoms with E-state index in [1.165, 1.54) is 13.4 Å². The van der Waals surface area contributed by atoms with Gasteiger partial charge >= 0.3 is 5.97 Å². The van der Waals surface area contributed by atoms with Crippen LogP contribution in [0.3, 0.4) is 0 Å². The first kappa shape index (κ1) is 21.7. The largest absolute Gasteiger partial charge is 0.495 e. The van der Waals surface area contributed by atoms with Crippen LogP contribution < -0.4 is 5.48 Å². The summed E-state index contributed by atoms with van der Waals surface area (Å²) in [5, 5.41) is 13.0. The lowest BCUT2D eigenvalue weighted by Gasteiger charge is -2.34. The molecule has 0 saturated heterocycles. The fourth-order valence-corrected chi connectivity index (χ4v) is 2.39. The topological polar surface area (TPSA) is 89.4 Å². The molecule has 144 valence electrons. The highest BCUT2D eigenvalue weighted by molar-refractivity contribution is 6.74. The van der Waals surface area contributed by atoms with E-state index < -0.39 is 14.3 Å². The van der Waals surface area contributed by atoms with Crippen LogP contribution in [-0.4, -0.2) is 32.2 Å². The lowest BCUT2D eigenvalue weighted by Crippen LogP contribution is -2.43. The highest BCUT2D eigenvalue weighted by Gasteiger charge is 2.38. The Bertz CT molecular complexity index is 666. The third kappa shape index (κ3) is 6.20. The number of hydrogen-bond donors (Lipinski definition) is 2. The monoisotopic (exact) mass is 380 g/mol. The number of nitrogens with zero attached hydrogens (tertiary/aromatic N) is 1. The van der Waals surface area contributed by atoms with Gasteiger partial charge in [0.2, 0.25) is 8.32 Å². The molecule has 0 aliphatic carbocycles. The molecule has 2 N–H and O–H groups in total. The zero-order valence-electron chi connectivity index (χ0n) is 16.2. The van der Waals surface area contributed by atoms with E-state index in [1.807, 2.05) is 0 Å². The van der Waals surface area contributed by atoms with Gasteiger partial charge in [-0.3, -0.25) is 5.48 Å². The van der Waals surface area contributed by atoms with E-state index >= 15 is 0 Å². The Morgan fingerprint density at radius 3 is 2.54 bits per heavy atom. The van der Waals surface area contributed by atoms with Crippen molar-refractivity contribution in [1.82, 2.24) is 5.48 Å². The van der Waals surface area contributed by atoms with Gasteiger partial charge in [0.15, 0.2) is 5.71 Å². The molecule has 1 rings (SSSR count). The van der Waals surface area contributed by atoms with Gasteiger partial charge in [-0.05, 0) is 23.7 Å². The first-order chi connectivity index (χ1) is 12.1. The van der Waals surface area contributed by atoms with Gasteiger partial charge in [-0.25, -0.2) is 4.79 Å². The first-order valence-electron chi connectivity index (χ1n) is 8.23. The summed E-state index contributed by atoms with van der Waals surface area (Å²) in [4.78, 5) is 16.0. The van der Waals surface area contributed by atoms with Crippen molar-refractivity contribution >= 4 is 20.0 Å². The van der Waals surface area contributed by atoms with E-state index in [4.69, 9.17) is 9.26 Å². The normalized spacial score (nSPS) is 12.9. The van der Waals surface area contributed by atoms with Crippen molar-refractivity contribution in [2.45, 2.75) is 45.5 Å². The summed E-state index contributed by atoms with van der Waals surface area (Å²) in [7, 11) is -0.583. The minimum absolute atomic E-state index is 0.0988. The number of oxime groups is 1. The molecule has 0 atom stereocenters. The summed E-state index contributed by atoms with van der Waals surface area (Å²) in [6.45, 7) is 10.9. The number of carboxylic acids is 1. The number of carbonyl (C=O) groups is 1. The molecule has 26 heavy (non-hydrogen) atoms. The average Bonchev–Trinajstić information content (AvgIpc) is 2.55. The number of rotatable bonds is 9. The summed E-state index contributed by atoms with van der Waals surface area (Å²) in [6, 6.07) is 6.97. The smallest absolute Gasteiger partial charge is 0.358 e. The van der Waals surface area contributed by atoms with Gasteiger partial charge in [-0.2, -0.15) is 0 Å². The van der Waals surface area contributed by atoms with Gasteiger partial charge in [0.05, 0.1) is 6.20 Å². The molecule has 0 radical (unpaired) electrons. The van der Waals surface area contributed by atoms with Gasteiger partial charge in [0.25, 0.3) is 0 Å². The van der Waals surface area contributed by atoms with Crippen molar-refractivity contribution in [3.63, 3.8) is 0 Å². The Labute approximate surface area is 155 Å². The number of carboxylic acid groups (broad SMARTS) is 1. The van der Waals surface area contributed by atoms with Crippen molar-refractivity contribution in [3.05, 3.63) is 47.9 Å². The minimum Gasteiger partial charge on any atom is -0.495 e. The average molecular weight is 381 g/mol. The number of ether oxygens (including phenoxy) is 1. The maximum atomic E-state index is 11.3. The molecule has 0 fully saturated rings. The Morgan fingerprint density at radius 2 is 1.96 bits per heavy atom. The molecule has 0 saturated carbocycles. The molecule has 1 aromatic carbocycles. The van der Waals surface area contributed by atoms with Gasteiger partial charge in [-0.15, -0.1) is 0 Å². The molecule has 7 nitrogen and oxygen atoms in total. The summed E-state index contributed by atoms with van der Waals surface area (Å²) in [5.74, 6) is -1.17. The number of hydroxylamine groups is 1. The van der Waals surface area contributed by atoms with Crippen LogP contribution in [0, 0.1) is 0 Å². The molecule has 0 heterocycles. The second-order valence-electron chi connectivity index (χ2n) is 7.18. The van der Waals surface area contributed by atoms with Crippen LogP contribution in [0.2, 0.25) is 18.1 Å². The van der Waals surface area contributed by atoms with Crippen molar-refractivity contribution in [2.24, 2.45) is 5.16 Å². The number of aliphatic carboxylic acids is 1. The molecule has 0 amide bonds. The molecule has 0 aliphatic heterocycles. The Kier molecular flexibility index (Phi) is 7.85. The van der Waals surface area contributed by atoms with Crippen molar-refractivity contribution in [3.8, 4) is 0 Å². The molecule has 0 aromatic heterocycles. The SMILES string of the molecule is CON=C(C(=O)O)c1ccccc1COC=CNO[Si](C)(C)C(C)(C)C. The molecular formula is C18H28N2O5Si. The van der Waals surface area contributed by atoms with Gasteiger partial charge < -0.3 is 19.2 Å². The lowest BCUT2D eigenvalue weighted by molar-refractivity contribution is -0.129. The summed E-state index contributed by atoms with van der Waals surface area (Å²) >= 11 is 0. The minimum atomic E-state index is -1.89. The van der Waals surface area contributed by atoms with E-state index in [1.54, 1.807) is 30.5 Å². The van der Waals surface area contributed by atoms with Crippen LogP contribution in [-0.2, 0) is 25.5 Å². The van der Waals surface area contributed by atoms with E-state index in [0.29, 0.717) is 11.1 Å². The highest BCUT2D eigenvalue weighted by Crippen LogP contribution is 2.35. The molecule has 8 heteroatoms. The number of benzene rings is 1. The summed E-state index contributed by atoms with van der Waals surface area (Å²) in [5.41, 5.74) is 3.77. The Balaban J connectivity index is 2.67. The van der Waals surface area contributed by atoms with Crippen LogP contribution in [0.1, 0.15) is 31.9 Å². The van der Waals surface area contributed by atoms with Crippen molar-refractivity contribution < 1.29 is 24.0 Å². The van der Waals surface area contributed by atoms with Crippen LogP contribution in [0.4, 0.5) is 0 Å². The molecular weight excluding hydrogens is 352 g/mol. The van der Waals surface area contributed by atoms with Crippen molar-refractivity contribution in [1.29, 1.82) is 0 Å².